The van der Waals surface area contributed by atoms with E-state index in [1.165, 1.54) is 28.7 Å². The van der Waals surface area contributed by atoms with Gasteiger partial charge in [-0.1, -0.05) is 35.9 Å². The third-order valence-corrected chi connectivity index (χ3v) is 7.35. The molecule has 4 heteroatoms. The Morgan fingerprint density at radius 2 is 1.96 bits per heavy atom. The molecular formula is C20H23NO2S. The average Bonchev–Trinajstić information content (AvgIpc) is 3.26. The normalized spacial score (nSPS) is 24.6. The molecule has 3 aliphatic rings. The number of benzene rings is 1. The zero-order valence-corrected chi connectivity index (χ0v) is 14.9. The van der Waals surface area contributed by atoms with Gasteiger partial charge in [0.25, 0.3) is 0 Å². The van der Waals surface area contributed by atoms with Crippen molar-refractivity contribution in [1.29, 1.82) is 0 Å². The van der Waals surface area contributed by atoms with E-state index < -0.39 is 10.0 Å². The van der Waals surface area contributed by atoms with Gasteiger partial charge in [-0.15, -0.1) is 0 Å². The molecule has 1 unspecified atom stereocenters. The largest absolute Gasteiger partial charge is 0.243 e. The van der Waals surface area contributed by atoms with Gasteiger partial charge in [0, 0.05) is 19.0 Å². The van der Waals surface area contributed by atoms with Gasteiger partial charge in [-0.2, -0.15) is 4.31 Å². The van der Waals surface area contributed by atoms with Gasteiger partial charge in [0.1, 0.15) is 0 Å². The number of aryl methyl sites for hydroxylation is 1. The predicted molar refractivity (Wildman–Crippen MR) is 96.1 cm³/mol. The molecule has 126 valence electrons. The second kappa shape index (κ2) is 5.71. The van der Waals surface area contributed by atoms with Crippen LogP contribution in [0.4, 0.5) is 0 Å². The lowest BCUT2D eigenvalue weighted by Gasteiger charge is -2.17. The Morgan fingerprint density at radius 3 is 2.62 bits per heavy atom. The van der Waals surface area contributed by atoms with Crippen molar-refractivity contribution in [2.24, 2.45) is 5.92 Å². The van der Waals surface area contributed by atoms with Crippen molar-refractivity contribution < 1.29 is 8.42 Å². The van der Waals surface area contributed by atoms with Crippen LogP contribution in [0, 0.1) is 12.8 Å². The number of hydrogen-bond donors (Lipinski definition) is 0. The van der Waals surface area contributed by atoms with Crippen molar-refractivity contribution in [2.75, 3.05) is 13.1 Å². The van der Waals surface area contributed by atoms with E-state index in [-0.39, 0.29) is 5.92 Å². The first kappa shape index (κ1) is 15.9. The second-order valence-electron chi connectivity index (χ2n) is 7.12. The number of rotatable bonds is 3. The minimum absolute atomic E-state index is 0.210. The molecular weight excluding hydrogens is 318 g/mol. The highest BCUT2D eigenvalue weighted by molar-refractivity contribution is 7.89. The average molecular weight is 341 g/mol. The number of hydrogen-bond acceptors (Lipinski definition) is 2. The van der Waals surface area contributed by atoms with Gasteiger partial charge in [-0.3, -0.25) is 0 Å². The summed E-state index contributed by atoms with van der Waals surface area (Å²) in [5.41, 5.74) is 6.35. The topological polar surface area (TPSA) is 37.4 Å². The van der Waals surface area contributed by atoms with Gasteiger partial charge in [-0.25, -0.2) is 8.42 Å². The van der Waals surface area contributed by atoms with Gasteiger partial charge in [0.05, 0.1) is 4.90 Å². The van der Waals surface area contributed by atoms with Crippen molar-refractivity contribution in [1.82, 2.24) is 4.31 Å². The molecule has 4 rings (SSSR count). The Bertz CT molecular complexity index is 859. The Kier molecular flexibility index (Phi) is 3.77. The van der Waals surface area contributed by atoms with Crippen LogP contribution in [0.5, 0.6) is 0 Å². The van der Waals surface area contributed by atoms with Crippen LogP contribution in [0.3, 0.4) is 0 Å². The lowest BCUT2D eigenvalue weighted by atomic mass is 10.00. The molecule has 1 aromatic rings. The fourth-order valence-electron chi connectivity index (χ4n) is 4.13. The first-order valence-electron chi connectivity index (χ1n) is 8.62. The first-order valence-corrected chi connectivity index (χ1v) is 10.1. The van der Waals surface area contributed by atoms with E-state index in [0.29, 0.717) is 18.0 Å². The minimum atomic E-state index is -3.43. The van der Waals surface area contributed by atoms with Crippen LogP contribution in [-0.2, 0) is 10.0 Å². The number of fused-ring (bicyclic) bond motifs is 1. The van der Waals surface area contributed by atoms with Crippen LogP contribution in [0.25, 0.3) is 0 Å². The van der Waals surface area contributed by atoms with Crippen LogP contribution in [0.2, 0.25) is 0 Å². The maximum Gasteiger partial charge on any atom is 0.243 e. The molecule has 1 atom stereocenters. The molecule has 0 aromatic heterocycles. The van der Waals surface area contributed by atoms with Crippen LogP contribution >= 0.6 is 0 Å². The summed E-state index contributed by atoms with van der Waals surface area (Å²) >= 11 is 0. The van der Waals surface area contributed by atoms with E-state index in [1.807, 2.05) is 19.1 Å². The molecule has 1 aliphatic heterocycles. The number of sulfonamides is 1. The fourth-order valence-corrected chi connectivity index (χ4v) is 5.56. The molecule has 1 heterocycles. The molecule has 1 aromatic carbocycles. The molecule has 0 amide bonds. The first-order chi connectivity index (χ1) is 11.5. The van der Waals surface area contributed by atoms with E-state index in [0.717, 1.165) is 24.8 Å². The molecule has 0 N–H and O–H groups in total. The monoisotopic (exact) mass is 341 g/mol. The summed E-state index contributed by atoms with van der Waals surface area (Å²) in [6, 6.07) is 7.14. The van der Waals surface area contributed by atoms with Gasteiger partial charge in [0.15, 0.2) is 0 Å². The van der Waals surface area contributed by atoms with Gasteiger partial charge in [-0.05, 0) is 61.5 Å². The Balaban J connectivity index is 1.67. The summed E-state index contributed by atoms with van der Waals surface area (Å²) in [4.78, 5) is 0.390. The SMILES string of the molecule is C=C1CC(C2=CCCC2)=C2CN(S(=O)(=O)c3ccc(C)cc3)CC12. The van der Waals surface area contributed by atoms with Crippen molar-refractivity contribution in [3.8, 4) is 0 Å². The Hall–Kier alpha value is -1.65. The molecule has 1 saturated heterocycles. The summed E-state index contributed by atoms with van der Waals surface area (Å²) in [6.07, 6.45) is 6.76. The standard InChI is InChI=1S/C20H23NO2S/c1-14-7-9-17(10-8-14)24(22,23)21-12-19-15(2)11-18(20(19)13-21)16-5-3-4-6-16/h5,7-10,19H,2-4,6,11-13H2,1H3. The van der Waals surface area contributed by atoms with Crippen LogP contribution in [0.15, 0.2) is 64.1 Å². The van der Waals surface area contributed by atoms with Crippen molar-refractivity contribution in [3.63, 3.8) is 0 Å². The van der Waals surface area contributed by atoms with Crippen LogP contribution in [0.1, 0.15) is 31.2 Å². The van der Waals surface area contributed by atoms with E-state index in [1.54, 1.807) is 16.4 Å². The maximum absolute atomic E-state index is 13.0. The molecule has 1 fully saturated rings. The summed E-state index contributed by atoms with van der Waals surface area (Å²) in [5.74, 6) is 0.210. The summed E-state index contributed by atoms with van der Waals surface area (Å²) in [5, 5.41) is 0. The Morgan fingerprint density at radius 1 is 1.21 bits per heavy atom. The maximum atomic E-state index is 13.0. The summed E-state index contributed by atoms with van der Waals surface area (Å²) < 4.78 is 27.6. The van der Waals surface area contributed by atoms with E-state index in [9.17, 15) is 8.42 Å². The number of nitrogens with zero attached hydrogens (tertiary/aromatic N) is 1. The third-order valence-electron chi connectivity index (χ3n) is 5.53. The number of allylic oxidation sites excluding steroid dienone is 3. The predicted octanol–water partition coefficient (Wildman–Crippen LogP) is 3.98. The summed E-state index contributed by atoms with van der Waals surface area (Å²) in [7, 11) is -3.43. The van der Waals surface area contributed by atoms with Crippen molar-refractivity contribution >= 4 is 10.0 Å². The fraction of sp³-hybridized carbons (Fsp3) is 0.400. The summed E-state index contributed by atoms with van der Waals surface area (Å²) in [6.45, 7) is 7.26. The molecule has 0 bridgehead atoms. The van der Waals surface area contributed by atoms with E-state index in [4.69, 9.17) is 0 Å². The lowest BCUT2D eigenvalue weighted by molar-refractivity contribution is 0.467. The minimum Gasteiger partial charge on any atom is -0.207 e. The van der Waals surface area contributed by atoms with Gasteiger partial charge >= 0.3 is 0 Å². The molecule has 2 aliphatic carbocycles. The van der Waals surface area contributed by atoms with E-state index in [2.05, 4.69) is 12.7 Å². The highest BCUT2D eigenvalue weighted by Gasteiger charge is 2.42. The second-order valence-corrected chi connectivity index (χ2v) is 9.06. The van der Waals surface area contributed by atoms with Crippen molar-refractivity contribution in [3.05, 3.63) is 64.8 Å². The smallest absolute Gasteiger partial charge is 0.207 e. The molecule has 3 nitrogen and oxygen atoms in total. The van der Waals surface area contributed by atoms with Crippen LogP contribution in [-0.4, -0.2) is 25.8 Å². The highest BCUT2D eigenvalue weighted by atomic mass is 32.2. The molecule has 0 radical (unpaired) electrons. The zero-order chi connectivity index (χ0) is 16.9. The van der Waals surface area contributed by atoms with E-state index >= 15 is 0 Å². The van der Waals surface area contributed by atoms with Crippen LogP contribution < -0.4 is 0 Å². The third kappa shape index (κ3) is 2.49. The molecule has 24 heavy (non-hydrogen) atoms. The zero-order valence-electron chi connectivity index (χ0n) is 14.1. The lowest BCUT2D eigenvalue weighted by Crippen LogP contribution is -2.29. The molecule has 0 spiro atoms. The Labute approximate surface area is 144 Å². The quantitative estimate of drug-likeness (QED) is 0.780. The van der Waals surface area contributed by atoms with Gasteiger partial charge in [0.2, 0.25) is 10.0 Å². The van der Waals surface area contributed by atoms with Gasteiger partial charge < -0.3 is 0 Å². The highest BCUT2D eigenvalue weighted by Crippen LogP contribution is 2.46. The van der Waals surface area contributed by atoms with Crippen molar-refractivity contribution in [2.45, 2.75) is 37.5 Å². The molecule has 0 saturated carbocycles.